The molecule has 2 aromatic rings. The summed E-state index contributed by atoms with van der Waals surface area (Å²) in [5.74, 6) is -1.58. The van der Waals surface area contributed by atoms with Crippen molar-refractivity contribution in [2.75, 3.05) is 5.32 Å². The molecule has 0 aliphatic carbocycles. The number of nitro groups is 1. The van der Waals surface area contributed by atoms with Gasteiger partial charge in [0, 0.05) is 10.7 Å². The minimum Gasteiger partial charge on any atom is -0.350 e. The third-order valence-corrected chi connectivity index (χ3v) is 2.53. The number of halogens is 3. The van der Waals surface area contributed by atoms with E-state index >= 15 is 0 Å². The van der Waals surface area contributed by atoms with Crippen LogP contribution in [-0.2, 0) is 0 Å². The molecule has 0 aliphatic heterocycles. The summed E-state index contributed by atoms with van der Waals surface area (Å²) in [5.41, 5.74) is -0.590. The second kappa shape index (κ2) is 5.19. The minimum atomic E-state index is -0.975. The zero-order valence-corrected chi connectivity index (χ0v) is 10.1. The van der Waals surface area contributed by atoms with Gasteiger partial charge in [0.15, 0.2) is 0 Å². The summed E-state index contributed by atoms with van der Waals surface area (Å²) in [5, 5.41) is 13.5. The van der Waals surface area contributed by atoms with Gasteiger partial charge in [0.1, 0.15) is 11.5 Å². The van der Waals surface area contributed by atoms with Crippen LogP contribution in [0.1, 0.15) is 0 Å². The van der Waals surface area contributed by atoms with E-state index in [9.17, 15) is 18.9 Å². The van der Waals surface area contributed by atoms with E-state index in [4.69, 9.17) is 11.6 Å². The fraction of sp³-hybridized carbons (Fsp3) is 0. The zero-order chi connectivity index (χ0) is 14.0. The minimum absolute atomic E-state index is 0.0772. The smallest absolute Gasteiger partial charge is 0.327 e. The van der Waals surface area contributed by atoms with Crippen LogP contribution < -0.4 is 5.32 Å². The van der Waals surface area contributed by atoms with Gasteiger partial charge in [-0.2, -0.15) is 4.39 Å². The molecular formula is C12H7ClF2N2O2. The summed E-state index contributed by atoms with van der Waals surface area (Å²) < 4.78 is 26.5. The van der Waals surface area contributed by atoms with Gasteiger partial charge in [0.05, 0.1) is 4.92 Å². The van der Waals surface area contributed by atoms with E-state index in [1.54, 1.807) is 0 Å². The summed E-state index contributed by atoms with van der Waals surface area (Å²) in [6.45, 7) is 0. The van der Waals surface area contributed by atoms with Crippen LogP contribution in [0.15, 0.2) is 36.4 Å². The van der Waals surface area contributed by atoms with Crippen LogP contribution in [-0.4, -0.2) is 4.92 Å². The molecule has 0 amide bonds. The number of benzene rings is 2. The molecule has 4 nitrogen and oxygen atoms in total. The monoisotopic (exact) mass is 284 g/mol. The fourth-order valence-corrected chi connectivity index (χ4v) is 1.81. The summed E-state index contributed by atoms with van der Waals surface area (Å²) >= 11 is 5.66. The Balaban J connectivity index is 2.43. The lowest BCUT2D eigenvalue weighted by Crippen LogP contribution is -1.99. The molecule has 0 atom stereocenters. The Bertz CT molecular complexity index is 629. The Hall–Kier alpha value is -2.21. The largest absolute Gasteiger partial charge is 0.350 e. The predicted octanol–water partition coefficient (Wildman–Crippen LogP) is 4.27. The molecule has 0 aromatic heterocycles. The summed E-state index contributed by atoms with van der Waals surface area (Å²) in [6, 6.07) is 7.17. The van der Waals surface area contributed by atoms with Crippen LogP contribution >= 0.6 is 11.6 Å². The van der Waals surface area contributed by atoms with Gasteiger partial charge < -0.3 is 5.32 Å². The molecule has 2 aromatic carbocycles. The molecule has 0 bridgehead atoms. The van der Waals surface area contributed by atoms with Crippen molar-refractivity contribution in [2.45, 2.75) is 0 Å². The first-order valence-electron chi connectivity index (χ1n) is 5.13. The predicted molar refractivity (Wildman–Crippen MR) is 67.7 cm³/mol. The quantitative estimate of drug-likeness (QED) is 0.676. The molecule has 1 N–H and O–H groups in total. The molecule has 7 heteroatoms. The maximum Gasteiger partial charge on any atom is 0.327 e. The second-order valence-corrected chi connectivity index (χ2v) is 4.11. The highest BCUT2D eigenvalue weighted by Gasteiger charge is 2.19. The van der Waals surface area contributed by atoms with Crippen molar-refractivity contribution < 1.29 is 13.7 Å². The molecule has 0 saturated heterocycles. The van der Waals surface area contributed by atoms with Crippen molar-refractivity contribution in [2.24, 2.45) is 0 Å². The molecule has 0 radical (unpaired) electrons. The molecule has 2 rings (SSSR count). The van der Waals surface area contributed by atoms with Gasteiger partial charge in [-0.1, -0.05) is 17.7 Å². The van der Waals surface area contributed by atoms with Gasteiger partial charge >= 0.3 is 5.69 Å². The number of nitrogens with zero attached hydrogens (tertiary/aromatic N) is 1. The maximum absolute atomic E-state index is 13.4. The number of rotatable bonds is 3. The Morgan fingerprint density at radius 1 is 1.21 bits per heavy atom. The maximum atomic E-state index is 13.4. The highest BCUT2D eigenvalue weighted by Crippen LogP contribution is 2.31. The van der Waals surface area contributed by atoms with Gasteiger partial charge in [0.2, 0.25) is 5.82 Å². The van der Waals surface area contributed by atoms with Gasteiger partial charge in [-0.15, -0.1) is 0 Å². The number of nitro benzene ring substituents is 1. The summed E-state index contributed by atoms with van der Waals surface area (Å²) in [7, 11) is 0. The standard InChI is InChI=1S/C12H7ClF2N2O2/c13-7-4-8(14)6-9(5-7)16-11-3-1-2-10(15)12(11)17(18)19/h1-6,16H. The normalized spacial score (nSPS) is 10.3. The van der Waals surface area contributed by atoms with Gasteiger partial charge in [-0.05, 0) is 30.3 Å². The van der Waals surface area contributed by atoms with E-state index in [1.165, 1.54) is 18.2 Å². The van der Waals surface area contributed by atoms with Crippen molar-refractivity contribution in [1.82, 2.24) is 0 Å². The molecule has 98 valence electrons. The average molecular weight is 285 g/mol. The number of nitrogens with one attached hydrogen (secondary N) is 1. The topological polar surface area (TPSA) is 55.2 Å². The molecule has 0 aliphatic rings. The zero-order valence-electron chi connectivity index (χ0n) is 9.36. The van der Waals surface area contributed by atoms with E-state index in [-0.39, 0.29) is 16.4 Å². The summed E-state index contributed by atoms with van der Waals surface area (Å²) in [4.78, 5) is 9.94. The third-order valence-electron chi connectivity index (χ3n) is 2.31. The van der Waals surface area contributed by atoms with Crippen molar-refractivity contribution >= 4 is 28.7 Å². The van der Waals surface area contributed by atoms with Crippen LogP contribution in [0.2, 0.25) is 5.02 Å². The highest BCUT2D eigenvalue weighted by molar-refractivity contribution is 6.30. The van der Waals surface area contributed by atoms with Gasteiger partial charge in [0.25, 0.3) is 0 Å². The number of para-hydroxylation sites is 1. The molecule has 0 saturated carbocycles. The summed E-state index contributed by atoms with van der Waals surface area (Å²) in [6.07, 6.45) is 0. The van der Waals surface area contributed by atoms with E-state index in [1.807, 2.05) is 0 Å². The lowest BCUT2D eigenvalue weighted by molar-refractivity contribution is -0.386. The van der Waals surface area contributed by atoms with E-state index in [2.05, 4.69) is 5.32 Å². The Kier molecular flexibility index (Phi) is 3.62. The van der Waals surface area contributed by atoms with Crippen molar-refractivity contribution in [3.8, 4) is 0 Å². The molecule has 19 heavy (non-hydrogen) atoms. The second-order valence-electron chi connectivity index (χ2n) is 3.68. The van der Waals surface area contributed by atoms with Gasteiger partial charge in [-0.3, -0.25) is 10.1 Å². The molecule has 0 heterocycles. The van der Waals surface area contributed by atoms with Crippen molar-refractivity contribution in [3.05, 3.63) is 63.2 Å². The number of hydrogen-bond acceptors (Lipinski definition) is 3. The Morgan fingerprint density at radius 2 is 1.95 bits per heavy atom. The van der Waals surface area contributed by atoms with E-state index in [0.29, 0.717) is 0 Å². The van der Waals surface area contributed by atoms with E-state index < -0.39 is 22.2 Å². The van der Waals surface area contributed by atoms with Crippen LogP contribution in [0.5, 0.6) is 0 Å². The first-order valence-corrected chi connectivity index (χ1v) is 5.51. The van der Waals surface area contributed by atoms with Crippen LogP contribution in [0.4, 0.5) is 25.8 Å². The number of hydrogen-bond donors (Lipinski definition) is 1. The van der Waals surface area contributed by atoms with Crippen LogP contribution in [0.3, 0.4) is 0 Å². The number of anilines is 2. The SMILES string of the molecule is O=[N+]([O-])c1c(F)cccc1Nc1cc(F)cc(Cl)c1. The van der Waals surface area contributed by atoms with Crippen LogP contribution in [0.25, 0.3) is 0 Å². The third kappa shape index (κ3) is 2.97. The van der Waals surface area contributed by atoms with E-state index in [0.717, 1.165) is 18.2 Å². The molecule has 0 fully saturated rings. The molecule has 0 unspecified atom stereocenters. The Morgan fingerprint density at radius 3 is 2.58 bits per heavy atom. The lowest BCUT2D eigenvalue weighted by atomic mass is 10.2. The molecule has 0 spiro atoms. The fourth-order valence-electron chi connectivity index (χ4n) is 1.58. The van der Waals surface area contributed by atoms with Crippen LogP contribution in [0, 0.1) is 21.7 Å². The highest BCUT2D eigenvalue weighted by atomic mass is 35.5. The van der Waals surface area contributed by atoms with Gasteiger partial charge in [-0.25, -0.2) is 4.39 Å². The Labute approximate surface area is 111 Å². The lowest BCUT2D eigenvalue weighted by Gasteiger charge is -2.08. The van der Waals surface area contributed by atoms with Crippen molar-refractivity contribution in [1.29, 1.82) is 0 Å². The first-order chi connectivity index (χ1) is 8.97. The van der Waals surface area contributed by atoms with Crippen molar-refractivity contribution in [3.63, 3.8) is 0 Å². The first kappa shape index (κ1) is 13.2. The molecular weight excluding hydrogens is 278 g/mol. The average Bonchev–Trinajstić information content (AvgIpc) is 2.26.